The van der Waals surface area contributed by atoms with E-state index in [0.29, 0.717) is 0 Å². The molecule has 1 N–H and O–H groups in total. The molecule has 0 saturated carbocycles. The zero-order valence-corrected chi connectivity index (χ0v) is 12.3. The Hall–Kier alpha value is -0.680. The van der Waals surface area contributed by atoms with Crippen LogP contribution in [-0.4, -0.2) is 40.4 Å². The van der Waals surface area contributed by atoms with Crippen molar-refractivity contribution in [1.82, 2.24) is 14.3 Å². The lowest BCUT2D eigenvalue weighted by atomic mass is 9.99. The van der Waals surface area contributed by atoms with Gasteiger partial charge in [0, 0.05) is 24.5 Å². The summed E-state index contributed by atoms with van der Waals surface area (Å²) < 4.78 is 4.27. The number of piperidine rings is 1. The van der Waals surface area contributed by atoms with Gasteiger partial charge in [0.15, 0.2) is 0 Å². The molecule has 0 aliphatic carbocycles. The third-order valence-corrected chi connectivity index (χ3v) is 4.30. The van der Waals surface area contributed by atoms with Gasteiger partial charge in [0.25, 0.3) is 0 Å². The van der Waals surface area contributed by atoms with Crippen molar-refractivity contribution in [1.29, 1.82) is 0 Å². The third kappa shape index (κ3) is 4.21. The van der Waals surface area contributed by atoms with Crippen molar-refractivity contribution in [2.24, 2.45) is 5.92 Å². The van der Waals surface area contributed by atoms with Crippen molar-refractivity contribution >= 4 is 16.7 Å². The van der Waals surface area contributed by atoms with Crippen LogP contribution in [0.2, 0.25) is 0 Å². The molecular formula is C13H24N4S. The van der Waals surface area contributed by atoms with E-state index >= 15 is 0 Å². The average molecular weight is 268 g/mol. The Bertz CT molecular complexity index is 345. The monoisotopic (exact) mass is 268 g/mol. The predicted molar refractivity (Wildman–Crippen MR) is 77.2 cm³/mol. The maximum atomic E-state index is 4.41. The molecule has 0 amide bonds. The van der Waals surface area contributed by atoms with E-state index in [-0.39, 0.29) is 0 Å². The Labute approximate surface area is 114 Å². The number of likely N-dealkylation sites (tertiary alicyclic amines) is 1. The molecule has 0 spiro atoms. The summed E-state index contributed by atoms with van der Waals surface area (Å²) in [5, 5.41) is 4.34. The molecule has 1 aliphatic rings. The van der Waals surface area contributed by atoms with Gasteiger partial charge in [-0.3, -0.25) is 0 Å². The van der Waals surface area contributed by atoms with E-state index in [1.807, 2.05) is 0 Å². The Morgan fingerprint density at radius 3 is 2.83 bits per heavy atom. The molecule has 5 heteroatoms. The maximum Gasteiger partial charge on any atom is 0.202 e. The molecular weight excluding hydrogens is 244 g/mol. The van der Waals surface area contributed by atoms with Crippen LogP contribution in [0.15, 0.2) is 0 Å². The third-order valence-electron chi connectivity index (χ3n) is 3.59. The van der Waals surface area contributed by atoms with Gasteiger partial charge >= 0.3 is 0 Å². The minimum absolute atomic E-state index is 0.921. The molecule has 102 valence electrons. The fourth-order valence-electron chi connectivity index (χ4n) is 2.25. The second-order valence-electron chi connectivity index (χ2n) is 5.17. The molecule has 1 aliphatic heterocycles. The second-order valence-corrected chi connectivity index (χ2v) is 5.93. The van der Waals surface area contributed by atoms with Gasteiger partial charge in [-0.2, -0.15) is 4.37 Å². The van der Waals surface area contributed by atoms with Gasteiger partial charge in [0.1, 0.15) is 5.82 Å². The van der Waals surface area contributed by atoms with Crippen LogP contribution in [0.3, 0.4) is 0 Å². The largest absolute Gasteiger partial charge is 0.360 e. The van der Waals surface area contributed by atoms with E-state index in [4.69, 9.17) is 0 Å². The van der Waals surface area contributed by atoms with Gasteiger partial charge < -0.3 is 10.2 Å². The summed E-state index contributed by atoms with van der Waals surface area (Å²) in [7, 11) is 0. The predicted octanol–water partition coefficient (Wildman–Crippen LogP) is 2.63. The van der Waals surface area contributed by atoms with Crippen LogP contribution >= 0.6 is 11.5 Å². The van der Waals surface area contributed by atoms with Crippen LogP contribution < -0.4 is 5.32 Å². The first-order valence-electron chi connectivity index (χ1n) is 7.06. The Kier molecular flexibility index (Phi) is 5.38. The lowest BCUT2D eigenvalue weighted by Gasteiger charge is -2.30. The SMILES string of the molecule is CCc1nsc(NCCCN2CCC(C)CC2)n1. The number of anilines is 1. The van der Waals surface area contributed by atoms with Crippen molar-refractivity contribution in [3.8, 4) is 0 Å². The van der Waals surface area contributed by atoms with Crippen LogP contribution in [0, 0.1) is 5.92 Å². The highest BCUT2D eigenvalue weighted by Gasteiger charge is 2.14. The van der Waals surface area contributed by atoms with Crippen molar-refractivity contribution in [2.45, 2.75) is 39.5 Å². The number of hydrogen-bond acceptors (Lipinski definition) is 5. The number of rotatable bonds is 6. The molecule has 0 atom stereocenters. The lowest BCUT2D eigenvalue weighted by molar-refractivity contribution is 0.192. The van der Waals surface area contributed by atoms with Gasteiger partial charge in [-0.05, 0) is 44.8 Å². The van der Waals surface area contributed by atoms with Crippen LogP contribution in [0.1, 0.15) is 38.9 Å². The van der Waals surface area contributed by atoms with E-state index < -0.39 is 0 Å². The first kappa shape index (κ1) is 13.7. The fourth-order valence-corrected chi connectivity index (χ4v) is 2.93. The van der Waals surface area contributed by atoms with Crippen LogP contribution in [0.25, 0.3) is 0 Å². The summed E-state index contributed by atoms with van der Waals surface area (Å²) in [6.45, 7) is 9.21. The molecule has 18 heavy (non-hydrogen) atoms. The van der Waals surface area contributed by atoms with E-state index in [2.05, 4.69) is 33.4 Å². The summed E-state index contributed by atoms with van der Waals surface area (Å²) in [5.74, 6) is 1.88. The number of nitrogens with one attached hydrogen (secondary N) is 1. The Morgan fingerprint density at radius 2 is 2.17 bits per heavy atom. The average Bonchev–Trinajstić information content (AvgIpc) is 2.85. The first-order valence-corrected chi connectivity index (χ1v) is 7.84. The smallest absolute Gasteiger partial charge is 0.202 e. The minimum Gasteiger partial charge on any atom is -0.360 e. The van der Waals surface area contributed by atoms with E-state index in [1.54, 1.807) is 0 Å². The molecule has 1 fully saturated rings. The van der Waals surface area contributed by atoms with Gasteiger partial charge in [0.2, 0.25) is 5.13 Å². The summed E-state index contributed by atoms with van der Waals surface area (Å²) in [6, 6.07) is 0. The van der Waals surface area contributed by atoms with Crippen LogP contribution in [0.4, 0.5) is 5.13 Å². The number of aryl methyl sites for hydroxylation is 1. The molecule has 0 aromatic carbocycles. The van der Waals surface area contributed by atoms with Gasteiger partial charge in [0.05, 0.1) is 0 Å². The lowest BCUT2D eigenvalue weighted by Crippen LogP contribution is -2.34. The molecule has 1 aromatic rings. The van der Waals surface area contributed by atoms with Crippen molar-refractivity contribution < 1.29 is 0 Å². The van der Waals surface area contributed by atoms with Crippen molar-refractivity contribution in [3.63, 3.8) is 0 Å². The van der Waals surface area contributed by atoms with Crippen molar-refractivity contribution in [3.05, 3.63) is 5.82 Å². The number of hydrogen-bond donors (Lipinski definition) is 1. The van der Waals surface area contributed by atoms with E-state index in [9.17, 15) is 0 Å². The Morgan fingerprint density at radius 1 is 1.39 bits per heavy atom. The standard InChI is InChI=1S/C13H24N4S/c1-3-12-15-13(18-16-12)14-7-4-8-17-9-5-11(2)6-10-17/h11H,3-10H2,1-2H3,(H,14,15,16). The molecule has 2 heterocycles. The van der Waals surface area contributed by atoms with E-state index in [1.165, 1.54) is 50.4 Å². The summed E-state index contributed by atoms with van der Waals surface area (Å²) in [5.41, 5.74) is 0. The number of aromatic nitrogens is 2. The fraction of sp³-hybridized carbons (Fsp3) is 0.846. The summed E-state index contributed by atoms with van der Waals surface area (Å²) >= 11 is 1.47. The summed E-state index contributed by atoms with van der Waals surface area (Å²) in [4.78, 5) is 6.99. The van der Waals surface area contributed by atoms with Gasteiger partial charge in [-0.1, -0.05) is 13.8 Å². The number of nitrogens with zero attached hydrogens (tertiary/aromatic N) is 3. The molecule has 1 saturated heterocycles. The normalized spacial score (nSPS) is 18.1. The first-order chi connectivity index (χ1) is 8.78. The van der Waals surface area contributed by atoms with Gasteiger partial charge in [-0.25, -0.2) is 4.98 Å². The molecule has 4 nitrogen and oxygen atoms in total. The summed E-state index contributed by atoms with van der Waals surface area (Å²) in [6.07, 6.45) is 4.84. The minimum atomic E-state index is 0.921. The van der Waals surface area contributed by atoms with E-state index in [0.717, 1.165) is 29.8 Å². The second kappa shape index (κ2) is 7.04. The topological polar surface area (TPSA) is 41.1 Å². The van der Waals surface area contributed by atoms with Gasteiger partial charge in [-0.15, -0.1) is 0 Å². The molecule has 1 aromatic heterocycles. The molecule has 0 bridgehead atoms. The Balaban J connectivity index is 1.58. The highest BCUT2D eigenvalue weighted by molar-refractivity contribution is 7.09. The zero-order chi connectivity index (χ0) is 12.8. The maximum absolute atomic E-state index is 4.41. The van der Waals surface area contributed by atoms with Crippen LogP contribution in [0.5, 0.6) is 0 Å². The van der Waals surface area contributed by atoms with Crippen molar-refractivity contribution in [2.75, 3.05) is 31.5 Å². The highest BCUT2D eigenvalue weighted by atomic mass is 32.1. The quantitative estimate of drug-likeness (QED) is 0.805. The molecule has 0 unspecified atom stereocenters. The molecule has 2 rings (SSSR count). The zero-order valence-electron chi connectivity index (χ0n) is 11.5. The molecule has 0 radical (unpaired) electrons. The highest BCUT2D eigenvalue weighted by Crippen LogP contribution is 2.16. The van der Waals surface area contributed by atoms with Crippen LogP contribution in [-0.2, 0) is 6.42 Å².